The lowest BCUT2D eigenvalue weighted by Gasteiger charge is -2.34. The van der Waals surface area contributed by atoms with Gasteiger partial charge >= 0.3 is 0 Å². The lowest BCUT2D eigenvalue weighted by Crippen LogP contribution is -2.30. The van der Waals surface area contributed by atoms with Gasteiger partial charge in [-0.1, -0.05) is 36.4 Å². The summed E-state index contributed by atoms with van der Waals surface area (Å²) in [7, 11) is 0. The molecule has 1 aliphatic rings. The first-order valence-corrected chi connectivity index (χ1v) is 7.62. The highest BCUT2D eigenvalue weighted by atomic mass is 15.5. The number of pyridine rings is 1. The number of aromatic nitrogens is 1. The molecule has 1 aromatic carbocycles. The third-order valence-corrected chi connectivity index (χ3v) is 4.01. The Labute approximate surface area is 126 Å². The Morgan fingerprint density at radius 2 is 2.00 bits per heavy atom. The fourth-order valence-electron chi connectivity index (χ4n) is 2.88. The summed E-state index contributed by atoms with van der Waals surface area (Å²) in [6, 6.07) is 14.9. The van der Waals surface area contributed by atoms with Gasteiger partial charge < -0.3 is 0 Å². The summed E-state index contributed by atoms with van der Waals surface area (Å²) in [5.41, 5.74) is 3.53. The zero-order valence-corrected chi connectivity index (χ0v) is 12.4. The minimum atomic E-state index is 0.353. The number of nitrogens with zero attached hydrogens (tertiary/aromatic N) is 3. The Morgan fingerprint density at radius 1 is 1.14 bits per heavy atom. The Balaban J connectivity index is 1.85. The monoisotopic (exact) mass is 279 g/mol. The van der Waals surface area contributed by atoms with Gasteiger partial charge in [0.05, 0.1) is 11.8 Å². The summed E-state index contributed by atoms with van der Waals surface area (Å²) >= 11 is 0. The van der Waals surface area contributed by atoms with Gasteiger partial charge in [0, 0.05) is 18.9 Å². The van der Waals surface area contributed by atoms with Gasteiger partial charge in [0.2, 0.25) is 0 Å². The fraction of sp³-hybridized carbons (Fsp3) is 0.333. The predicted molar refractivity (Wildman–Crippen MR) is 86.2 cm³/mol. The Morgan fingerprint density at radius 3 is 2.76 bits per heavy atom. The van der Waals surface area contributed by atoms with Crippen LogP contribution in [0.2, 0.25) is 0 Å². The third-order valence-electron chi connectivity index (χ3n) is 4.01. The minimum absolute atomic E-state index is 0.353. The van der Waals surface area contributed by atoms with Crippen LogP contribution in [0.15, 0.2) is 60.0 Å². The molecular weight excluding hydrogens is 258 g/mol. The highest BCUT2D eigenvalue weighted by Gasteiger charge is 2.23. The zero-order chi connectivity index (χ0) is 14.5. The maximum Gasteiger partial charge on any atom is 0.0734 e. The molecule has 0 saturated carbocycles. The van der Waals surface area contributed by atoms with Crippen molar-refractivity contribution >= 4 is 5.71 Å². The van der Waals surface area contributed by atoms with E-state index in [1.165, 1.54) is 24.0 Å². The molecule has 1 fully saturated rings. The molecule has 1 aliphatic heterocycles. The van der Waals surface area contributed by atoms with E-state index in [-0.39, 0.29) is 0 Å². The van der Waals surface area contributed by atoms with E-state index in [0.29, 0.717) is 6.04 Å². The molecule has 0 aliphatic carbocycles. The van der Waals surface area contributed by atoms with Crippen molar-refractivity contribution in [1.82, 2.24) is 9.99 Å². The van der Waals surface area contributed by atoms with E-state index in [1.807, 2.05) is 24.5 Å². The molecule has 1 atom stereocenters. The largest absolute Gasteiger partial charge is 0.289 e. The van der Waals surface area contributed by atoms with Gasteiger partial charge in [-0.2, -0.15) is 5.10 Å². The number of rotatable bonds is 3. The average molecular weight is 279 g/mol. The lowest BCUT2D eigenvalue weighted by atomic mass is 9.98. The van der Waals surface area contributed by atoms with E-state index in [9.17, 15) is 0 Å². The molecule has 2 aromatic rings. The van der Waals surface area contributed by atoms with Crippen molar-refractivity contribution in [1.29, 1.82) is 0 Å². The number of hydrogen-bond acceptors (Lipinski definition) is 3. The van der Waals surface area contributed by atoms with Crippen LogP contribution in [0.3, 0.4) is 0 Å². The second-order valence-corrected chi connectivity index (χ2v) is 5.51. The van der Waals surface area contributed by atoms with Gasteiger partial charge in [-0.05, 0) is 43.4 Å². The van der Waals surface area contributed by atoms with Crippen LogP contribution in [-0.2, 0) is 0 Å². The van der Waals surface area contributed by atoms with E-state index in [1.54, 1.807) is 0 Å². The maximum atomic E-state index is 4.89. The molecule has 0 radical (unpaired) electrons. The van der Waals surface area contributed by atoms with Gasteiger partial charge in [-0.3, -0.25) is 9.99 Å². The fourth-order valence-corrected chi connectivity index (χ4v) is 2.88. The molecule has 2 heterocycles. The van der Waals surface area contributed by atoms with Crippen molar-refractivity contribution in [3.8, 4) is 0 Å². The van der Waals surface area contributed by atoms with Crippen LogP contribution in [0.5, 0.6) is 0 Å². The van der Waals surface area contributed by atoms with Crippen LogP contribution in [0.4, 0.5) is 0 Å². The van der Waals surface area contributed by atoms with Crippen molar-refractivity contribution in [3.05, 3.63) is 66.0 Å². The Bertz CT molecular complexity index is 592. The lowest BCUT2D eigenvalue weighted by molar-refractivity contribution is 0.155. The van der Waals surface area contributed by atoms with Gasteiger partial charge in [0.1, 0.15) is 0 Å². The summed E-state index contributed by atoms with van der Waals surface area (Å²) in [5, 5.41) is 7.13. The summed E-state index contributed by atoms with van der Waals surface area (Å²) in [6.07, 6.45) is 7.42. The first-order valence-electron chi connectivity index (χ1n) is 7.62. The molecular formula is C18H21N3. The number of hydrogen-bond donors (Lipinski definition) is 0. The second kappa shape index (κ2) is 6.53. The van der Waals surface area contributed by atoms with Crippen LogP contribution >= 0.6 is 0 Å². The minimum Gasteiger partial charge on any atom is -0.289 e. The summed E-state index contributed by atoms with van der Waals surface area (Å²) in [6.45, 7) is 3.11. The zero-order valence-electron chi connectivity index (χ0n) is 12.4. The third kappa shape index (κ3) is 3.30. The summed E-state index contributed by atoms with van der Waals surface area (Å²) in [5.74, 6) is 0. The Hall–Kier alpha value is -2.16. The van der Waals surface area contributed by atoms with Gasteiger partial charge in [-0.25, -0.2) is 0 Å². The molecule has 3 heteroatoms. The van der Waals surface area contributed by atoms with Gasteiger partial charge in [-0.15, -0.1) is 0 Å². The van der Waals surface area contributed by atoms with E-state index in [2.05, 4.69) is 47.2 Å². The molecule has 0 spiro atoms. The SMILES string of the molecule is CC(=NN1CCCC[C@@H]1c1cccnc1)c1ccccc1. The van der Waals surface area contributed by atoms with E-state index in [4.69, 9.17) is 5.10 Å². The van der Waals surface area contributed by atoms with Crippen molar-refractivity contribution in [2.45, 2.75) is 32.2 Å². The molecule has 0 amide bonds. The van der Waals surface area contributed by atoms with Crippen molar-refractivity contribution < 1.29 is 0 Å². The van der Waals surface area contributed by atoms with E-state index < -0.39 is 0 Å². The van der Waals surface area contributed by atoms with Gasteiger partial charge in [0.15, 0.2) is 0 Å². The molecule has 1 saturated heterocycles. The molecule has 0 bridgehead atoms. The average Bonchev–Trinajstić information content (AvgIpc) is 2.57. The summed E-state index contributed by atoms with van der Waals surface area (Å²) < 4.78 is 0. The highest BCUT2D eigenvalue weighted by Crippen LogP contribution is 2.30. The first kappa shape index (κ1) is 13.8. The first-order chi connectivity index (χ1) is 10.3. The van der Waals surface area contributed by atoms with Crippen LogP contribution in [0.1, 0.15) is 43.4 Å². The van der Waals surface area contributed by atoms with Crippen LogP contribution in [0, 0.1) is 0 Å². The van der Waals surface area contributed by atoms with Crippen molar-refractivity contribution in [2.75, 3.05) is 6.54 Å². The van der Waals surface area contributed by atoms with Crippen molar-refractivity contribution in [2.24, 2.45) is 5.10 Å². The predicted octanol–water partition coefficient (Wildman–Crippen LogP) is 4.03. The van der Waals surface area contributed by atoms with E-state index in [0.717, 1.165) is 18.7 Å². The van der Waals surface area contributed by atoms with Crippen LogP contribution < -0.4 is 0 Å². The van der Waals surface area contributed by atoms with Crippen LogP contribution in [-0.4, -0.2) is 22.2 Å². The highest BCUT2D eigenvalue weighted by molar-refractivity contribution is 5.98. The molecule has 21 heavy (non-hydrogen) atoms. The van der Waals surface area contributed by atoms with E-state index >= 15 is 0 Å². The maximum absolute atomic E-state index is 4.89. The molecule has 0 N–H and O–H groups in total. The molecule has 3 nitrogen and oxygen atoms in total. The number of piperidine rings is 1. The number of hydrazone groups is 1. The van der Waals surface area contributed by atoms with Crippen LogP contribution in [0.25, 0.3) is 0 Å². The molecule has 3 rings (SSSR count). The molecule has 108 valence electrons. The molecule has 0 unspecified atom stereocenters. The molecule has 1 aromatic heterocycles. The Kier molecular flexibility index (Phi) is 4.29. The standard InChI is InChI=1S/C18H21N3/c1-15(16-8-3-2-4-9-16)20-21-13-6-5-11-18(21)17-10-7-12-19-14-17/h2-4,7-10,12,14,18H,5-6,11,13H2,1H3/t18-/m1/s1. The quantitative estimate of drug-likeness (QED) is 0.793. The number of benzene rings is 1. The topological polar surface area (TPSA) is 28.5 Å². The van der Waals surface area contributed by atoms with Crippen molar-refractivity contribution in [3.63, 3.8) is 0 Å². The smallest absolute Gasteiger partial charge is 0.0734 e. The summed E-state index contributed by atoms with van der Waals surface area (Å²) in [4.78, 5) is 4.26. The van der Waals surface area contributed by atoms with Gasteiger partial charge in [0.25, 0.3) is 0 Å². The second-order valence-electron chi connectivity index (χ2n) is 5.51. The normalized spacial score (nSPS) is 19.6.